The quantitative estimate of drug-likeness (QED) is 0.742. The first-order chi connectivity index (χ1) is 6.29. The van der Waals surface area contributed by atoms with E-state index in [1.165, 1.54) is 0 Å². The van der Waals surface area contributed by atoms with Gasteiger partial charge in [0.05, 0.1) is 5.02 Å². The fraction of sp³-hybridized carbons (Fsp3) is 0.333. The molecule has 0 spiro atoms. The van der Waals surface area contributed by atoms with E-state index in [1.54, 1.807) is 12.3 Å². The summed E-state index contributed by atoms with van der Waals surface area (Å²) < 4.78 is 5.38. The number of halogens is 1. The van der Waals surface area contributed by atoms with Crippen LogP contribution in [0, 0.1) is 0 Å². The van der Waals surface area contributed by atoms with E-state index < -0.39 is 0 Å². The smallest absolute Gasteiger partial charge is 0.247 e. The van der Waals surface area contributed by atoms with E-state index in [9.17, 15) is 0 Å². The molecule has 0 aliphatic heterocycles. The highest BCUT2D eigenvalue weighted by molar-refractivity contribution is 6.30. The molecule has 2 heterocycles. The zero-order valence-corrected chi connectivity index (χ0v) is 8.01. The molecule has 0 aliphatic rings. The molecule has 0 unspecified atom stereocenters. The van der Waals surface area contributed by atoms with Gasteiger partial charge in [0.15, 0.2) is 5.89 Å². The van der Waals surface area contributed by atoms with Gasteiger partial charge in [-0.05, 0) is 12.5 Å². The Kier molecular flexibility index (Phi) is 2.19. The van der Waals surface area contributed by atoms with Crippen molar-refractivity contribution in [1.29, 1.82) is 0 Å². The van der Waals surface area contributed by atoms with Crippen LogP contribution >= 0.6 is 11.6 Å². The number of oxazole rings is 1. The van der Waals surface area contributed by atoms with Crippen molar-refractivity contribution in [1.82, 2.24) is 9.97 Å². The van der Waals surface area contributed by atoms with Gasteiger partial charge in [0.25, 0.3) is 0 Å². The molecule has 0 fully saturated rings. The Bertz CT molecular complexity index is 424. The van der Waals surface area contributed by atoms with Gasteiger partial charge in [0.2, 0.25) is 5.71 Å². The number of aryl methyl sites for hydroxylation is 1. The van der Waals surface area contributed by atoms with E-state index in [2.05, 4.69) is 16.9 Å². The molecule has 0 N–H and O–H groups in total. The molecule has 68 valence electrons. The monoisotopic (exact) mass is 196 g/mol. The summed E-state index contributed by atoms with van der Waals surface area (Å²) in [6, 6.07) is 1.76. The molecule has 0 saturated carbocycles. The second kappa shape index (κ2) is 3.34. The van der Waals surface area contributed by atoms with Crippen molar-refractivity contribution in [3.05, 3.63) is 23.2 Å². The van der Waals surface area contributed by atoms with Crippen molar-refractivity contribution in [3.63, 3.8) is 0 Å². The van der Waals surface area contributed by atoms with E-state index in [1.807, 2.05) is 0 Å². The van der Waals surface area contributed by atoms with Gasteiger partial charge in [-0.1, -0.05) is 18.5 Å². The van der Waals surface area contributed by atoms with E-state index in [4.69, 9.17) is 16.0 Å². The van der Waals surface area contributed by atoms with Gasteiger partial charge in [0, 0.05) is 12.6 Å². The molecule has 13 heavy (non-hydrogen) atoms. The largest absolute Gasteiger partial charge is 0.422 e. The van der Waals surface area contributed by atoms with Crippen LogP contribution in [0.5, 0.6) is 0 Å². The van der Waals surface area contributed by atoms with Crippen molar-refractivity contribution < 1.29 is 4.42 Å². The molecule has 2 rings (SSSR count). The summed E-state index contributed by atoms with van der Waals surface area (Å²) in [5, 5.41) is 0.587. The summed E-state index contributed by atoms with van der Waals surface area (Å²) in [6.07, 6.45) is 3.42. The summed E-state index contributed by atoms with van der Waals surface area (Å²) >= 11 is 5.76. The van der Waals surface area contributed by atoms with Crippen molar-refractivity contribution in [2.24, 2.45) is 0 Å². The van der Waals surface area contributed by atoms with Crippen LogP contribution in [-0.4, -0.2) is 9.97 Å². The number of nitrogens with zero attached hydrogens (tertiary/aromatic N) is 2. The standard InChI is InChI=1S/C9H9ClN2O/c1-2-3-8-12-7-4-6(10)5-11-9(7)13-8/h4-5H,2-3H2,1H3. The van der Waals surface area contributed by atoms with Gasteiger partial charge in [-0.3, -0.25) is 0 Å². The highest BCUT2D eigenvalue weighted by atomic mass is 35.5. The minimum atomic E-state index is 0.563. The topological polar surface area (TPSA) is 38.9 Å². The first-order valence-electron chi connectivity index (χ1n) is 4.20. The summed E-state index contributed by atoms with van der Waals surface area (Å²) in [4.78, 5) is 8.27. The Morgan fingerprint density at radius 3 is 3.15 bits per heavy atom. The fourth-order valence-electron chi connectivity index (χ4n) is 1.16. The van der Waals surface area contributed by atoms with E-state index in [0.717, 1.165) is 24.2 Å². The molecule has 0 atom stereocenters. The maximum atomic E-state index is 5.76. The lowest BCUT2D eigenvalue weighted by Crippen LogP contribution is -1.79. The normalized spacial score (nSPS) is 10.9. The Balaban J connectivity index is 2.49. The van der Waals surface area contributed by atoms with Crippen LogP contribution < -0.4 is 0 Å². The third kappa shape index (κ3) is 1.65. The van der Waals surface area contributed by atoms with Crippen molar-refractivity contribution in [3.8, 4) is 0 Å². The van der Waals surface area contributed by atoms with Crippen molar-refractivity contribution in [2.75, 3.05) is 0 Å². The lowest BCUT2D eigenvalue weighted by Gasteiger charge is -1.85. The van der Waals surface area contributed by atoms with E-state index in [-0.39, 0.29) is 0 Å². The number of hydrogen-bond acceptors (Lipinski definition) is 3. The maximum Gasteiger partial charge on any atom is 0.247 e. The van der Waals surface area contributed by atoms with Crippen LogP contribution in [0.1, 0.15) is 19.2 Å². The van der Waals surface area contributed by atoms with Crippen LogP contribution in [0.4, 0.5) is 0 Å². The molecular weight excluding hydrogens is 188 g/mol. The summed E-state index contributed by atoms with van der Waals surface area (Å²) in [6.45, 7) is 2.08. The van der Waals surface area contributed by atoms with Gasteiger partial charge in [-0.25, -0.2) is 9.97 Å². The third-order valence-corrected chi connectivity index (χ3v) is 1.93. The average molecular weight is 197 g/mol. The molecule has 0 aromatic carbocycles. The minimum Gasteiger partial charge on any atom is -0.422 e. The minimum absolute atomic E-state index is 0.563. The molecule has 0 aliphatic carbocycles. The molecule has 0 bridgehead atoms. The fourth-order valence-corrected chi connectivity index (χ4v) is 1.32. The van der Waals surface area contributed by atoms with Crippen LogP contribution in [-0.2, 0) is 6.42 Å². The molecule has 4 heteroatoms. The predicted octanol–water partition coefficient (Wildman–Crippen LogP) is 2.83. The SMILES string of the molecule is CCCc1nc2cc(Cl)cnc2o1. The number of hydrogen-bond donors (Lipinski definition) is 0. The zero-order chi connectivity index (χ0) is 9.26. The Labute approximate surface area is 80.7 Å². The molecule has 0 amide bonds. The number of rotatable bonds is 2. The summed E-state index contributed by atoms with van der Waals surface area (Å²) in [7, 11) is 0. The summed E-state index contributed by atoms with van der Waals surface area (Å²) in [5.41, 5.74) is 1.30. The Morgan fingerprint density at radius 1 is 1.54 bits per heavy atom. The molecule has 3 nitrogen and oxygen atoms in total. The second-order valence-electron chi connectivity index (χ2n) is 2.84. The van der Waals surface area contributed by atoms with Crippen molar-refractivity contribution in [2.45, 2.75) is 19.8 Å². The van der Waals surface area contributed by atoms with Gasteiger partial charge in [-0.15, -0.1) is 0 Å². The highest BCUT2D eigenvalue weighted by Crippen LogP contribution is 2.17. The second-order valence-corrected chi connectivity index (χ2v) is 3.27. The molecule has 0 radical (unpaired) electrons. The van der Waals surface area contributed by atoms with Gasteiger partial charge in [0.1, 0.15) is 5.52 Å². The van der Waals surface area contributed by atoms with Crippen LogP contribution in [0.3, 0.4) is 0 Å². The van der Waals surface area contributed by atoms with Crippen LogP contribution in [0.2, 0.25) is 5.02 Å². The molecular formula is C9H9ClN2O. The predicted molar refractivity (Wildman–Crippen MR) is 50.8 cm³/mol. The van der Waals surface area contributed by atoms with Crippen molar-refractivity contribution >= 4 is 22.8 Å². The van der Waals surface area contributed by atoms with E-state index >= 15 is 0 Å². The van der Waals surface area contributed by atoms with Gasteiger partial charge >= 0.3 is 0 Å². The van der Waals surface area contributed by atoms with Crippen LogP contribution in [0.25, 0.3) is 11.2 Å². The number of pyridine rings is 1. The Hall–Kier alpha value is -1.09. The first kappa shape index (κ1) is 8.51. The summed E-state index contributed by atoms with van der Waals surface area (Å²) in [5.74, 6) is 0.729. The van der Waals surface area contributed by atoms with E-state index in [0.29, 0.717) is 10.7 Å². The number of fused-ring (bicyclic) bond motifs is 1. The molecule has 2 aromatic heterocycles. The molecule has 0 saturated heterocycles. The molecule has 2 aromatic rings. The Morgan fingerprint density at radius 2 is 2.38 bits per heavy atom. The van der Waals surface area contributed by atoms with Gasteiger partial charge in [-0.2, -0.15) is 0 Å². The average Bonchev–Trinajstić information content (AvgIpc) is 2.46. The lowest BCUT2D eigenvalue weighted by molar-refractivity contribution is 0.517. The highest BCUT2D eigenvalue weighted by Gasteiger charge is 2.05. The van der Waals surface area contributed by atoms with Crippen LogP contribution in [0.15, 0.2) is 16.7 Å². The maximum absolute atomic E-state index is 5.76. The number of aromatic nitrogens is 2. The lowest BCUT2D eigenvalue weighted by atomic mass is 10.3. The third-order valence-electron chi connectivity index (χ3n) is 1.72. The van der Waals surface area contributed by atoms with Gasteiger partial charge < -0.3 is 4.42 Å². The first-order valence-corrected chi connectivity index (χ1v) is 4.58. The zero-order valence-electron chi connectivity index (χ0n) is 7.25.